The van der Waals surface area contributed by atoms with Crippen LogP contribution in [0.2, 0.25) is 0 Å². The van der Waals surface area contributed by atoms with Gasteiger partial charge in [0.25, 0.3) is 0 Å². The van der Waals surface area contributed by atoms with Crippen molar-refractivity contribution < 1.29 is 22.8 Å². The van der Waals surface area contributed by atoms with E-state index in [0.29, 0.717) is 0 Å². The lowest BCUT2D eigenvalue weighted by molar-refractivity contribution is -0.160. The highest BCUT2D eigenvalue weighted by molar-refractivity contribution is 6.03. The Kier molecular flexibility index (Phi) is 4.57. The van der Waals surface area contributed by atoms with Crippen LogP contribution in [0.4, 0.5) is 18.0 Å². The molecule has 0 aliphatic carbocycles. The van der Waals surface area contributed by atoms with Crippen molar-refractivity contribution in [3.05, 3.63) is 35.2 Å². The first kappa shape index (κ1) is 16.8. The summed E-state index contributed by atoms with van der Waals surface area (Å²) in [5.74, 6) is -0.898. The molecule has 0 fully saturated rings. The number of hydrogen-bond donors (Lipinski definition) is 3. The molecule has 0 saturated heterocycles. The fourth-order valence-corrected chi connectivity index (χ4v) is 2.23. The summed E-state index contributed by atoms with van der Waals surface area (Å²) in [6.07, 6.45) is -3.54. The average Bonchev–Trinajstić information content (AvgIpc) is 2.45. The minimum atomic E-state index is -4.58. The average molecular weight is 328 g/mol. The van der Waals surface area contributed by atoms with Crippen LogP contribution in [0.15, 0.2) is 23.9 Å². The molecule has 0 spiro atoms. The van der Waals surface area contributed by atoms with Gasteiger partial charge in [-0.15, -0.1) is 0 Å². The number of pyridine rings is 1. The van der Waals surface area contributed by atoms with E-state index in [9.17, 15) is 22.8 Å². The second-order valence-corrected chi connectivity index (χ2v) is 5.17. The van der Waals surface area contributed by atoms with Crippen LogP contribution >= 0.6 is 0 Å². The third-order valence-corrected chi connectivity index (χ3v) is 3.41. The van der Waals surface area contributed by atoms with Crippen LogP contribution in [0, 0.1) is 6.92 Å². The van der Waals surface area contributed by atoms with E-state index in [-0.39, 0.29) is 23.4 Å². The second kappa shape index (κ2) is 6.27. The van der Waals surface area contributed by atoms with Gasteiger partial charge in [0.15, 0.2) is 0 Å². The molecule has 0 unspecified atom stereocenters. The fourth-order valence-electron chi connectivity index (χ4n) is 2.23. The molecule has 2 rings (SSSR count). The van der Waals surface area contributed by atoms with Crippen molar-refractivity contribution in [1.29, 1.82) is 0 Å². The third-order valence-electron chi connectivity index (χ3n) is 3.41. The monoisotopic (exact) mass is 328 g/mol. The molecule has 1 aliphatic heterocycles. The van der Waals surface area contributed by atoms with E-state index in [1.165, 1.54) is 6.20 Å². The topological polar surface area (TPSA) is 97.1 Å². The maximum absolute atomic E-state index is 13.0. The Bertz CT molecular complexity index is 653. The largest absolute Gasteiger partial charge is 0.408 e. The van der Waals surface area contributed by atoms with Gasteiger partial charge in [-0.2, -0.15) is 13.2 Å². The minimum Gasteiger partial charge on any atom is -0.352 e. The number of aromatic nitrogens is 1. The number of aryl methyl sites for hydroxylation is 1. The number of hydrogen-bond acceptors (Lipinski definition) is 3. The summed E-state index contributed by atoms with van der Waals surface area (Å²) >= 11 is 0. The molecule has 0 radical (unpaired) electrons. The molecule has 3 amide bonds. The van der Waals surface area contributed by atoms with Crippen molar-refractivity contribution in [1.82, 2.24) is 15.6 Å². The van der Waals surface area contributed by atoms with Crippen LogP contribution in [-0.2, 0) is 4.79 Å². The van der Waals surface area contributed by atoms with E-state index in [0.717, 1.165) is 5.56 Å². The number of rotatable bonds is 3. The molecule has 1 aromatic heterocycles. The molecular weight excluding hydrogens is 313 g/mol. The smallest absolute Gasteiger partial charge is 0.352 e. The van der Waals surface area contributed by atoms with Crippen LogP contribution in [0.3, 0.4) is 0 Å². The summed E-state index contributed by atoms with van der Waals surface area (Å²) in [7, 11) is 0. The van der Waals surface area contributed by atoms with Gasteiger partial charge in [-0.1, -0.05) is 6.07 Å². The number of nitrogens with two attached hydrogens (primary N) is 1. The predicted molar refractivity (Wildman–Crippen MR) is 76.1 cm³/mol. The second-order valence-electron chi connectivity index (χ2n) is 5.17. The molecule has 2 heterocycles. The summed E-state index contributed by atoms with van der Waals surface area (Å²) in [6, 6.07) is 0.356. The highest BCUT2D eigenvalue weighted by Gasteiger charge is 2.44. The Morgan fingerprint density at radius 1 is 1.48 bits per heavy atom. The van der Waals surface area contributed by atoms with E-state index in [1.807, 2.05) is 5.32 Å². The van der Waals surface area contributed by atoms with Crippen LogP contribution in [0.5, 0.6) is 0 Å². The molecule has 9 heteroatoms. The molecular formula is C14H15F3N4O2. The molecule has 0 aromatic carbocycles. The van der Waals surface area contributed by atoms with Gasteiger partial charge >= 0.3 is 12.2 Å². The molecule has 6 nitrogen and oxygen atoms in total. The molecule has 124 valence electrons. The van der Waals surface area contributed by atoms with E-state index in [4.69, 9.17) is 5.73 Å². The van der Waals surface area contributed by atoms with E-state index < -0.39 is 30.6 Å². The summed E-state index contributed by atoms with van der Waals surface area (Å²) in [5.41, 5.74) is 6.21. The molecule has 1 atom stereocenters. The van der Waals surface area contributed by atoms with E-state index in [2.05, 4.69) is 10.3 Å². The Balaban J connectivity index is 2.44. The zero-order valence-electron chi connectivity index (χ0n) is 12.2. The van der Waals surface area contributed by atoms with Gasteiger partial charge < -0.3 is 16.4 Å². The van der Waals surface area contributed by atoms with Gasteiger partial charge in [0, 0.05) is 18.2 Å². The Labute approximate surface area is 129 Å². The number of amides is 3. The number of carbonyl (C=O) groups excluding carboxylic acids is 2. The summed E-state index contributed by atoms with van der Waals surface area (Å²) in [6.45, 7) is 1.52. The summed E-state index contributed by atoms with van der Waals surface area (Å²) in [5, 5.41) is 4.12. The lowest BCUT2D eigenvalue weighted by atomic mass is 9.92. The van der Waals surface area contributed by atoms with Gasteiger partial charge in [0.2, 0.25) is 5.91 Å². The number of primary amides is 1. The van der Waals surface area contributed by atoms with Crippen LogP contribution in [0.25, 0.3) is 5.57 Å². The molecule has 23 heavy (non-hydrogen) atoms. The summed E-state index contributed by atoms with van der Waals surface area (Å²) in [4.78, 5) is 26.9. The zero-order chi connectivity index (χ0) is 17.2. The number of urea groups is 1. The first-order valence-corrected chi connectivity index (χ1v) is 6.74. The Hall–Kier alpha value is -2.58. The lowest BCUT2D eigenvalue weighted by Crippen LogP contribution is -2.50. The van der Waals surface area contributed by atoms with Gasteiger partial charge in [-0.25, -0.2) is 4.79 Å². The first-order chi connectivity index (χ1) is 10.7. The highest BCUT2D eigenvalue weighted by atomic mass is 19.4. The van der Waals surface area contributed by atoms with Crippen molar-refractivity contribution in [2.75, 3.05) is 6.54 Å². The maximum Gasteiger partial charge on any atom is 0.408 e. The zero-order valence-corrected chi connectivity index (χ0v) is 12.2. The fraction of sp³-hybridized carbons (Fsp3) is 0.357. The molecule has 0 bridgehead atoms. The van der Waals surface area contributed by atoms with Crippen LogP contribution < -0.4 is 16.4 Å². The standard InChI is InChI=1S/C14H15F3N4O2/c1-7-2-3-10(19-5-7)8-4-11(14(15,16)17)21-12(22)9(8)6-20-13(18)23/h2-3,5,11H,4,6H2,1H3,(H,21,22)(H3,18,20,23)/t11-/m1/s1. The van der Waals surface area contributed by atoms with Crippen LogP contribution in [-0.4, -0.2) is 35.7 Å². The van der Waals surface area contributed by atoms with E-state index in [1.54, 1.807) is 19.1 Å². The van der Waals surface area contributed by atoms with Gasteiger partial charge in [0.05, 0.1) is 12.2 Å². The van der Waals surface area contributed by atoms with E-state index >= 15 is 0 Å². The molecule has 0 saturated carbocycles. The van der Waals surface area contributed by atoms with Crippen molar-refractivity contribution in [3.63, 3.8) is 0 Å². The lowest BCUT2D eigenvalue weighted by Gasteiger charge is -2.29. The Morgan fingerprint density at radius 2 is 2.17 bits per heavy atom. The molecule has 1 aliphatic rings. The van der Waals surface area contributed by atoms with Gasteiger partial charge in [0.1, 0.15) is 6.04 Å². The van der Waals surface area contributed by atoms with Crippen molar-refractivity contribution in [2.45, 2.75) is 25.6 Å². The quantitative estimate of drug-likeness (QED) is 0.779. The van der Waals surface area contributed by atoms with Gasteiger partial charge in [-0.05, 0) is 24.1 Å². The highest BCUT2D eigenvalue weighted by Crippen LogP contribution is 2.33. The first-order valence-electron chi connectivity index (χ1n) is 6.74. The van der Waals surface area contributed by atoms with Crippen molar-refractivity contribution in [2.24, 2.45) is 5.73 Å². The number of nitrogens with zero attached hydrogens (tertiary/aromatic N) is 1. The minimum absolute atomic E-state index is 0.0145. The number of carbonyl (C=O) groups is 2. The normalized spacial score (nSPS) is 18.6. The van der Waals surface area contributed by atoms with Crippen molar-refractivity contribution in [3.8, 4) is 0 Å². The third kappa shape index (κ3) is 3.99. The Morgan fingerprint density at radius 3 is 2.70 bits per heavy atom. The number of alkyl halides is 3. The SMILES string of the molecule is Cc1ccc(C2=C(CNC(N)=O)C(=O)N[C@@H](C(F)(F)F)C2)nc1. The maximum atomic E-state index is 13.0. The molecule has 1 aromatic rings. The number of halogens is 3. The van der Waals surface area contributed by atoms with Gasteiger partial charge in [-0.3, -0.25) is 9.78 Å². The predicted octanol–water partition coefficient (Wildman–Crippen LogP) is 1.26. The summed E-state index contributed by atoms with van der Waals surface area (Å²) < 4.78 is 38.9. The number of nitrogens with one attached hydrogen (secondary N) is 2. The van der Waals surface area contributed by atoms with Crippen LogP contribution in [0.1, 0.15) is 17.7 Å². The molecule has 4 N–H and O–H groups in total. The van der Waals surface area contributed by atoms with Crippen molar-refractivity contribution >= 4 is 17.5 Å².